The molecule has 0 bridgehead atoms. The van der Waals surface area contributed by atoms with Gasteiger partial charge in [0.2, 0.25) is 0 Å². The van der Waals surface area contributed by atoms with Crippen LogP contribution in [0.2, 0.25) is 0 Å². The summed E-state index contributed by atoms with van der Waals surface area (Å²) in [6.07, 6.45) is 3.14. The normalized spacial score (nSPS) is 10.8. The first-order valence-corrected chi connectivity index (χ1v) is 8.66. The molecule has 0 aliphatic carbocycles. The number of aromatic nitrogens is 5. The molecule has 0 saturated carbocycles. The highest BCUT2D eigenvalue weighted by Gasteiger charge is 2.17. The van der Waals surface area contributed by atoms with Crippen molar-refractivity contribution in [1.29, 1.82) is 0 Å². The Morgan fingerprint density at radius 3 is 2.79 bits per heavy atom. The Morgan fingerprint density at radius 2 is 2.07 bits per heavy atom. The number of rotatable bonds is 5. The minimum atomic E-state index is -0.351. The predicted octanol–water partition coefficient (Wildman–Crippen LogP) is 3.24. The standard InChI is InChI=1S/C20H17FN6O/c1-12-17(25-11-24-12)20(28)23-10-16-26-18(13-5-4-6-14(21)9-13)19(27-16)15-7-2-3-8-22-15/h2-9,11H,10H2,1H3,(H,23,28)(H,24,25)(H,26,27). The molecule has 0 aliphatic heterocycles. The number of aromatic amines is 2. The van der Waals surface area contributed by atoms with Gasteiger partial charge in [-0.25, -0.2) is 14.4 Å². The number of H-pyrrole nitrogens is 2. The Hall–Kier alpha value is -3.81. The minimum Gasteiger partial charge on any atom is -0.348 e. The number of hydrogen-bond acceptors (Lipinski definition) is 4. The number of halogens is 1. The maximum atomic E-state index is 13.7. The second-order valence-electron chi connectivity index (χ2n) is 6.19. The highest BCUT2D eigenvalue weighted by Crippen LogP contribution is 2.29. The highest BCUT2D eigenvalue weighted by atomic mass is 19.1. The maximum absolute atomic E-state index is 13.7. The zero-order valence-electron chi connectivity index (χ0n) is 15.0. The van der Waals surface area contributed by atoms with Crippen molar-refractivity contribution < 1.29 is 9.18 Å². The van der Waals surface area contributed by atoms with E-state index in [0.29, 0.717) is 39.9 Å². The number of benzene rings is 1. The van der Waals surface area contributed by atoms with Crippen LogP contribution in [0.3, 0.4) is 0 Å². The first-order valence-electron chi connectivity index (χ1n) is 8.66. The van der Waals surface area contributed by atoms with Crippen molar-refractivity contribution in [3.05, 3.63) is 78.0 Å². The van der Waals surface area contributed by atoms with Gasteiger partial charge in [0.15, 0.2) is 0 Å². The summed E-state index contributed by atoms with van der Waals surface area (Å²) in [7, 11) is 0. The van der Waals surface area contributed by atoms with E-state index in [1.54, 1.807) is 25.3 Å². The molecule has 0 fully saturated rings. The van der Waals surface area contributed by atoms with Crippen molar-refractivity contribution in [2.24, 2.45) is 0 Å². The molecule has 0 aliphatic rings. The van der Waals surface area contributed by atoms with Crippen LogP contribution in [0.15, 0.2) is 55.0 Å². The Labute approximate surface area is 160 Å². The number of amides is 1. The molecule has 0 saturated heterocycles. The molecule has 8 heteroatoms. The average molecular weight is 376 g/mol. The monoisotopic (exact) mass is 376 g/mol. The molecule has 28 heavy (non-hydrogen) atoms. The largest absolute Gasteiger partial charge is 0.348 e. The van der Waals surface area contributed by atoms with Gasteiger partial charge in [0.25, 0.3) is 5.91 Å². The van der Waals surface area contributed by atoms with Crippen LogP contribution in [-0.4, -0.2) is 30.8 Å². The second-order valence-corrected chi connectivity index (χ2v) is 6.19. The van der Waals surface area contributed by atoms with Gasteiger partial charge in [-0.3, -0.25) is 9.78 Å². The number of pyridine rings is 1. The van der Waals surface area contributed by atoms with Crippen LogP contribution in [0.1, 0.15) is 22.0 Å². The molecule has 0 spiro atoms. The SMILES string of the molecule is Cc1[nH]cnc1C(=O)NCc1nc(-c2cccc(F)c2)c(-c2ccccn2)[nH]1. The van der Waals surface area contributed by atoms with E-state index in [4.69, 9.17) is 0 Å². The lowest BCUT2D eigenvalue weighted by Crippen LogP contribution is -2.24. The molecule has 140 valence electrons. The summed E-state index contributed by atoms with van der Waals surface area (Å²) >= 11 is 0. The number of aryl methyl sites for hydroxylation is 1. The van der Waals surface area contributed by atoms with E-state index in [-0.39, 0.29) is 18.3 Å². The van der Waals surface area contributed by atoms with Crippen LogP contribution in [0.5, 0.6) is 0 Å². The van der Waals surface area contributed by atoms with E-state index in [9.17, 15) is 9.18 Å². The molecule has 0 atom stereocenters. The maximum Gasteiger partial charge on any atom is 0.272 e. The van der Waals surface area contributed by atoms with Gasteiger partial charge in [-0.2, -0.15) is 0 Å². The number of hydrogen-bond donors (Lipinski definition) is 3. The lowest BCUT2D eigenvalue weighted by Gasteiger charge is -2.02. The van der Waals surface area contributed by atoms with Crippen molar-refractivity contribution in [1.82, 2.24) is 30.2 Å². The van der Waals surface area contributed by atoms with Gasteiger partial charge in [-0.05, 0) is 31.2 Å². The zero-order chi connectivity index (χ0) is 19.5. The fraction of sp³-hybridized carbons (Fsp3) is 0.100. The quantitative estimate of drug-likeness (QED) is 0.498. The topological polar surface area (TPSA) is 99.3 Å². The Balaban J connectivity index is 1.65. The third-order valence-electron chi connectivity index (χ3n) is 4.23. The minimum absolute atomic E-state index is 0.167. The van der Waals surface area contributed by atoms with Crippen LogP contribution in [0.25, 0.3) is 22.6 Å². The van der Waals surface area contributed by atoms with Crippen LogP contribution < -0.4 is 5.32 Å². The lowest BCUT2D eigenvalue weighted by molar-refractivity contribution is 0.0945. The van der Waals surface area contributed by atoms with Crippen molar-refractivity contribution in [3.8, 4) is 22.6 Å². The summed E-state index contributed by atoms with van der Waals surface area (Å²) in [6, 6.07) is 11.7. The van der Waals surface area contributed by atoms with Gasteiger partial charge in [-0.1, -0.05) is 18.2 Å². The number of carbonyl (C=O) groups excluding carboxylic acids is 1. The van der Waals surface area contributed by atoms with Gasteiger partial charge < -0.3 is 15.3 Å². The molecular formula is C20H17FN6O. The first kappa shape index (κ1) is 17.6. The van der Waals surface area contributed by atoms with Gasteiger partial charge in [-0.15, -0.1) is 0 Å². The molecule has 3 heterocycles. The van der Waals surface area contributed by atoms with E-state index in [1.807, 2.05) is 18.2 Å². The first-order chi connectivity index (χ1) is 13.6. The van der Waals surface area contributed by atoms with E-state index in [0.717, 1.165) is 0 Å². The fourth-order valence-electron chi connectivity index (χ4n) is 2.88. The molecule has 3 aromatic heterocycles. The summed E-state index contributed by atoms with van der Waals surface area (Å²) in [5.41, 5.74) is 3.55. The van der Waals surface area contributed by atoms with Gasteiger partial charge in [0, 0.05) is 17.5 Å². The number of nitrogens with zero attached hydrogens (tertiary/aromatic N) is 3. The summed E-state index contributed by atoms with van der Waals surface area (Å²) in [5, 5.41) is 2.79. The zero-order valence-corrected chi connectivity index (χ0v) is 15.0. The second kappa shape index (κ2) is 7.43. The summed E-state index contributed by atoms with van der Waals surface area (Å²) in [4.78, 5) is 31.3. The Kier molecular flexibility index (Phi) is 4.67. The molecule has 1 amide bonds. The Bertz CT molecular complexity index is 1120. The van der Waals surface area contributed by atoms with Gasteiger partial charge in [0.05, 0.1) is 30.0 Å². The molecule has 7 nitrogen and oxygen atoms in total. The molecule has 0 radical (unpaired) electrons. The van der Waals surface area contributed by atoms with Crippen LogP contribution in [0.4, 0.5) is 4.39 Å². The third kappa shape index (κ3) is 3.52. The van der Waals surface area contributed by atoms with Crippen LogP contribution >= 0.6 is 0 Å². The van der Waals surface area contributed by atoms with Crippen LogP contribution in [-0.2, 0) is 6.54 Å². The van der Waals surface area contributed by atoms with Gasteiger partial charge in [0.1, 0.15) is 17.3 Å². The van der Waals surface area contributed by atoms with Gasteiger partial charge >= 0.3 is 0 Å². The Morgan fingerprint density at radius 1 is 1.18 bits per heavy atom. The van der Waals surface area contributed by atoms with E-state index in [1.165, 1.54) is 18.5 Å². The molecule has 4 aromatic rings. The third-order valence-corrected chi connectivity index (χ3v) is 4.23. The summed E-state index contributed by atoms with van der Waals surface area (Å²) in [6.45, 7) is 1.94. The van der Waals surface area contributed by atoms with Crippen LogP contribution in [0, 0.1) is 12.7 Å². The molecule has 4 rings (SSSR count). The number of nitrogens with one attached hydrogen (secondary N) is 3. The van der Waals surface area contributed by atoms with E-state index >= 15 is 0 Å². The van der Waals surface area contributed by atoms with Crippen molar-refractivity contribution in [2.45, 2.75) is 13.5 Å². The molecule has 1 aromatic carbocycles. The van der Waals surface area contributed by atoms with Crippen molar-refractivity contribution in [2.75, 3.05) is 0 Å². The van der Waals surface area contributed by atoms with Crippen molar-refractivity contribution in [3.63, 3.8) is 0 Å². The predicted molar refractivity (Wildman–Crippen MR) is 102 cm³/mol. The molecule has 3 N–H and O–H groups in total. The van der Waals surface area contributed by atoms with Crippen molar-refractivity contribution >= 4 is 5.91 Å². The number of carbonyl (C=O) groups is 1. The summed E-state index contributed by atoms with van der Waals surface area (Å²) in [5.74, 6) is -0.125. The average Bonchev–Trinajstić information content (AvgIpc) is 3.33. The summed E-state index contributed by atoms with van der Waals surface area (Å²) < 4.78 is 13.7. The molecule has 0 unspecified atom stereocenters. The smallest absolute Gasteiger partial charge is 0.272 e. The van der Waals surface area contributed by atoms with E-state index in [2.05, 4.69) is 30.2 Å². The fourth-order valence-corrected chi connectivity index (χ4v) is 2.88. The molecular weight excluding hydrogens is 359 g/mol. The lowest BCUT2D eigenvalue weighted by atomic mass is 10.1. The number of imidazole rings is 2. The van der Waals surface area contributed by atoms with E-state index < -0.39 is 0 Å². The highest BCUT2D eigenvalue weighted by molar-refractivity contribution is 5.93.